The van der Waals surface area contributed by atoms with E-state index in [0.29, 0.717) is 23.5 Å². The third-order valence-electron chi connectivity index (χ3n) is 4.01. The van der Waals surface area contributed by atoms with Crippen LogP contribution in [0.15, 0.2) is 24.4 Å². The molecule has 1 saturated heterocycles. The first kappa shape index (κ1) is 18.8. The first-order chi connectivity index (χ1) is 11.1. The Morgan fingerprint density at radius 3 is 3.04 bits per heavy atom. The average Bonchev–Trinajstić information content (AvgIpc) is 3.15. The fourth-order valence-corrected chi connectivity index (χ4v) is 3.58. The molecule has 1 unspecified atom stereocenters. The largest absolute Gasteiger partial charge is 0.313 e. The van der Waals surface area contributed by atoms with Crippen molar-refractivity contribution in [3.05, 3.63) is 46.2 Å². The highest BCUT2D eigenvalue weighted by atomic mass is 35.5. The minimum absolute atomic E-state index is 0. The lowest BCUT2D eigenvalue weighted by atomic mass is 10.1. The summed E-state index contributed by atoms with van der Waals surface area (Å²) in [5.41, 5.74) is 1.55. The van der Waals surface area contributed by atoms with Gasteiger partial charge in [-0.1, -0.05) is 12.1 Å². The fourth-order valence-electron chi connectivity index (χ4n) is 2.72. The second-order valence-electron chi connectivity index (χ2n) is 5.94. The Balaban J connectivity index is 0.00000208. The Bertz CT molecular complexity index is 701. The molecule has 1 fully saturated rings. The molecule has 0 radical (unpaired) electrons. The fraction of sp³-hybridized carbons (Fsp3) is 0.412. The van der Waals surface area contributed by atoms with Crippen LogP contribution in [0.25, 0.3) is 0 Å². The number of hydrogen-bond donors (Lipinski definition) is 2. The normalized spacial score (nSPS) is 16.7. The summed E-state index contributed by atoms with van der Waals surface area (Å²) in [4.78, 5) is 17.2. The highest BCUT2D eigenvalue weighted by molar-refractivity contribution is 7.15. The van der Waals surface area contributed by atoms with Crippen LogP contribution in [0, 0.1) is 12.7 Å². The van der Waals surface area contributed by atoms with Gasteiger partial charge in [-0.2, -0.15) is 0 Å². The lowest BCUT2D eigenvalue weighted by Crippen LogP contribution is -2.27. The zero-order valence-corrected chi connectivity index (χ0v) is 15.1. The molecule has 1 aliphatic rings. The number of halogens is 2. The molecule has 24 heavy (non-hydrogen) atoms. The van der Waals surface area contributed by atoms with Crippen molar-refractivity contribution in [1.82, 2.24) is 10.3 Å². The molecule has 2 N–H and O–H groups in total. The summed E-state index contributed by atoms with van der Waals surface area (Å²) >= 11 is 1.44. The topological polar surface area (TPSA) is 54.0 Å². The van der Waals surface area contributed by atoms with Gasteiger partial charge in [0.15, 0.2) is 5.13 Å². The Hall–Kier alpha value is -1.50. The van der Waals surface area contributed by atoms with E-state index < -0.39 is 0 Å². The summed E-state index contributed by atoms with van der Waals surface area (Å²) in [7, 11) is 0. The summed E-state index contributed by atoms with van der Waals surface area (Å²) < 4.78 is 13.6. The number of amides is 1. The third kappa shape index (κ3) is 5.00. The number of aromatic nitrogens is 1. The van der Waals surface area contributed by atoms with Crippen LogP contribution in [0.4, 0.5) is 9.52 Å². The SMILES string of the molecule is Cc1ccc(Cc2cnc(NC(=O)CC3CCCN3)s2)cc1F.Cl. The van der Waals surface area contributed by atoms with Crippen LogP contribution in [-0.4, -0.2) is 23.5 Å². The highest BCUT2D eigenvalue weighted by Gasteiger charge is 2.18. The Kier molecular flexibility index (Phi) is 6.71. The van der Waals surface area contributed by atoms with Gasteiger partial charge in [0.25, 0.3) is 0 Å². The van der Waals surface area contributed by atoms with Crippen molar-refractivity contribution < 1.29 is 9.18 Å². The number of thiazole rings is 1. The molecular weight excluding hydrogens is 349 g/mol. The van der Waals surface area contributed by atoms with Gasteiger partial charge >= 0.3 is 0 Å². The summed E-state index contributed by atoms with van der Waals surface area (Å²) in [5.74, 6) is -0.198. The van der Waals surface area contributed by atoms with Crippen molar-refractivity contribution in [2.45, 2.75) is 38.6 Å². The maximum absolute atomic E-state index is 13.6. The van der Waals surface area contributed by atoms with Crippen LogP contribution >= 0.6 is 23.7 Å². The molecule has 130 valence electrons. The number of hydrogen-bond acceptors (Lipinski definition) is 4. The van der Waals surface area contributed by atoms with Crippen molar-refractivity contribution in [2.75, 3.05) is 11.9 Å². The number of carbonyl (C=O) groups is 1. The van der Waals surface area contributed by atoms with E-state index in [9.17, 15) is 9.18 Å². The van der Waals surface area contributed by atoms with E-state index in [1.54, 1.807) is 25.3 Å². The van der Waals surface area contributed by atoms with E-state index in [2.05, 4.69) is 15.6 Å². The number of nitrogens with zero attached hydrogens (tertiary/aromatic N) is 1. The lowest BCUT2D eigenvalue weighted by molar-refractivity contribution is -0.116. The van der Waals surface area contributed by atoms with Crippen molar-refractivity contribution in [1.29, 1.82) is 0 Å². The van der Waals surface area contributed by atoms with Gasteiger partial charge in [-0.3, -0.25) is 4.79 Å². The molecule has 3 rings (SSSR count). The molecule has 4 nitrogen and oxygen atoms in total. The summed E-state index contributed by atoms with van der Waals surface area (Å²) in [5, 5.41) is 6.76. The highest BCUT2D eigenvalue weighted by Crippen LogP contribution is 2.22. The zero-order chi connectivity index (χ0) is 16.2. The number of anilines is 1. The van der Waals surface area contributed by atoms with Crippen molar-refractivity contribution in [2.24, 2.45) is 0 Å². The van der Waals surface area contributed by atoms with E-state index in [-0.39, 0.29) is 30.2 Å². The third-order valence-corrected chi connectivity index (χ3v) is 4.92. The molecule has 1 amide bonds. The van der Waals surface area contributed by atoms with Crippen LogP contribution in [0.2, 0.25) is 0 Å². The number of carbonyl (C=O) groups excluding carboxylic acids is 1. The van der Waals surface area contributed by atoms with Gasteiger partial charge in [-0.25, -0.2) is 9.37 Å². The molecule has 1 atom stereocenters. The van der Waals surface area contributed by atoms with Crippen molar-refractivity contribution in [3.63, 3.8) is 0 Å². The van der Waals surface area contributed by atoms with Gasteiger partial charge in [-0.05, 0) is 43.5 Å². The number of rotatable bonds is 5. The molecule has 0 aliphatic carbocycles. The zero-order valence-electron chi connectivity index (χ0n) is 13.5. The van der Waals surface area contributed by atoms with Gasteiger partial charge in [0.2, 0.25) is 5.91 Å². The Morgan fingerprint density at radius 1 is 1.50 bits per heavy atom. The Labute approximate surface area is 151 Å². The van der Waals surface area contributed by atoms with Gasteiger partial charge in [0, 0.05) is 30.0 Å². The van der Waals surface area contributed by atoms with E-state index in [4.69, 9.17) is 0 Å². The molecule has 1 aliphatic heterocycles. The first-order valence-electron chi connectivity index (χ1n) is 7.83. The minimum atomic E-state index is -0.190. The molecule has 1 aromatic heterocycles. The second kappa shape index (κ2) is 8.55. The van der Waals surface area contributed by atoms with Crippen LogP contribution < -0.4 is 10.6 Å². The lowest BCUT2D eigenvalue weighted by Gasteiger charge is -2.08. The molecule has 0 saturated carbocycles. The van der Waals surface area contributed by atoms with Gasteiger partial charge < -0.3 is 10.6 Å². The number of benzene rings is 1. The van der Waals surface area contributed by atoms with E-state index >= 15 is 0 Å². The monoisotopic (exact) mass is 369 g/mol. The van der Waals surface area contributed by atoms with Crippen LogP contribution in [0.1, 0.15) is 35.3 Å². The van der Waals surface area contributed by atoms with E-state index in [0.717, 1.165) is 29.8 Å². The van der Waals surface area contributed by atoms with Crippen LogP contribution in [0.5, 0.6) is 0 Å². The predicted octanol–water partition coefficient (Wildman–Crippen LogP) is 3.68. The van der Waals surface area contributed by atoms with E-state index in [1.165, 1.54) is 11.3 Å². The van der Waals surface area contributed by atoms with Crippen LogP contribution in [-0.2, 0) is 11.2 Å². The van der Waals surface area contributed by atoms with Gasteiger partial charge in [-0.15, -0.1) is 23.7 Å². The van der Waals surface area contributed by atoms with Gasteiger partial charge in [0.05, 0.1) is 0 Å². The molecule has 7 heteroatoms. The molecule has 1 aromatic carbocycles. The van der Waals surface area contributed by atoms with Crippen LogP contribution in [0.3, 0.4) is 0 Å². The van der Waals surface area contributed by atoms with Crippen molar-refractivity contribution in [3.8, 4) is 0 Å². The first-order valence-corrected chi connectivity index (χ1v) is 8.65. The number of nitrogens with one attached hydrogen (secondary N) is 2. The van der Waals surface area contributed by atoms with Gasteiger partial charge in [0.1, 0.15) is 5.82 Å². The minimum Gasteiger partial charge on any atom is -0.313 e. The Morgan fingerprint density at radius 2 is 2.33 bits per heavy atom. The smallest absolute Gasteiger partial charge is 0.227 e. The van der Waals surface area contributed by atoms with E-state index in [1.807, 2.05) is 6.07 Å². The standard InChI is InChI=1S/C17H20FN3OS.ClH/c1-11-4-5-12(8-15(11)18)7-14-10-20-17(23-14)21-16(22)9-13-3-2-6-19-13;/h4-5,8,10,13,19H,2-3,6-7,9H2,1H3,(H,20,21,22);1H. The second-order valence-corrected chi connectivity index (χ2v) is 7.05. The predicted molar refractivity (Wildman–Crippen MR) is 97.6 cm³/mol. The maximum atomic E-state index is 13.6. The molecule has 2 aromatic rings. The molecular formula is C17H21ClFN3OS. The average molecular weight is 370 g/mol. The summed E-state index contributed by atoms with van der Waals surface area (Å²) in [6, 6.07) is 5.54. The molecule has 2 heterocycles. The molecule has 0 bridgehead atoms. The molecule has 0 spiro atoms. The number of aryl methyl sites for hydroxylation is 1. The quantitative estimate of drug-likeness (QED) is 0.845. The summed E-state index contributed by atoms with van der Waals surface area (Å²) in [6.45, 7) is 2.74. The maximum Gasteiger partial charge on any atom is 0.227 e. The summed E-state index contributed by atoms with van der Waals surface area (Å²) in [6.07, 6.45) is 5.03. The van der Waals surface area contributed by atoms with Crippen molar-refractivity contribution >= 4 is 34.8 Å².